The third-order valence-electron chi connectivity index (χ3n) is 4.92. The number of aromatic nitrogens is 1. The summed E-state index contributed by atoms with van der Waals surface area (Å²) in [6.07, 6.45) is 3.21. The summed E-state index contributed by atoms with van der Waals surface area (Å²) in [6.45, 7) is 10.2. The third-order valence-corrected chi connectivity index (χ3v) is 4.92. The van der Waals surface area contributed by atoms with Gasteiger partial charge in [0.15, 0.2) is 24.1 Å². The van der Waals surface area contributed by atoms with Crippen LogP contribution >= 0.6 is 0 Å². The van der Waals surface area contributed by atoms with E-state index in [0.717, 1.165) is 0 Å². The largest absolute Gasteiger partial charge is 0.507 e. The molecular weight excluding hydrogens is 422 g/mol. The van der Waals surface area contributed by atoms with Crippen LogP contribution in [0.25, 0.3) is 5.76 Å². The van der Waals surface area contributed by atoms with E-state index in [4.69, 9.17) is 9.47 Å². The van der Waals surface area contributed by atoms with E-state index in [1.807, 2.05) is 0 Å². The standard InChI is InChI=1S/C26H29NO6/c1-25(2,3)32-23(30)18(19-21(28)16-12-8-9-13-17(16)22(19)29)20(24(31)33-26(4,5)6)27-14-10-7-11-15-27/h7-15,18,20H,1-6H3/p+1. The number of Topliss-reactive ketones (excluding diaryl/α,β-unsaturated/α-hetero) is 1. The number of hydrogen-bond acceptors (Lipinski definition) is 6. The van der Waals surface area contributed by atoms with Crippen molar-refractivity contribution in [1.29, 1.82) is 0 Å². The quantitative estimate of drug-likeness (QED) is 0.545. The minimum atomic E-state index is -1.44. The van der Waals surface area contributed by atoms with E-state index in [1.54, 1.807) is 96.4 Å². The highest BCUT2D eigenvalue weighted by atomic mass is 16.6. The van der Waals surface area contributed by atoms with E-state index in [-0.39, 0.29) is 16.9 Å². The number of ketones is 1. The average Bonchev–Trinajstić information content (AvgIpc) is 2.95. The van der Waals surface area contributed by atoms with Gasteiger partial charge in [-0.15, -0.1) is 0 Å². The van der Waals surface area contributed by atoms with Gasteiger partial charge < -0.3 is 14.6 Å². The molecule has 0 radical (unpaired) electrons. The Morgan fingerprint density at radius 1 is 0.818 bits per heavy atom. The summed E-state index contributed by atoms with van der Waals surface area (Å²) >= 11 is 0. The van der Waals surface area contributed by atoms with Crippen molar-refractivity contribution in [2.24, 2.45) is 5.92 Å². The molecule has 1 aromatic carbocycles. The van der Waals surface area contributed by atoms with Gasteiger partial charge in [-0.1, -0.05) is 30.3 Å². The van der Waals surface area contributed by atoms with Gasteiger partial charge in [-0.3, -0.25) is 9.59 Å². The van der Waals surface area contributed by atoms with Gasteiger partial charge >= 0.3 is 11.9 Å². The lowest BCUT2D eigenvalue weighted by atomic mass is 9.87. The number of benzene rings is 1. The number of rotatable bonds is 5. The van der Waals surface area contributed by atoms with Crippen LogP contribution in [0.1, 0.15) is 63.5 Å². The maximum absolute atomic E-state index is 13.5. The Morgan fingerprint density at radius 2 is 1.33 bits per heavy atom. The Labute approximate surface area is 193 Å². The Balaban J connectivity index is 2.22. The fourth-order valence-electron chi connectivity index (χ4n) is 3.73. The molecule has 7 heteroatoms. The molecule has 1 N–H and O–H groups in total. The second-order valence-corrected chi connectivity index (χ2v) is 9.95. The SMILES string of the molecule is CC(C)(C)OC(=O)C(C1=C(O)c2ccccc2C1=O)C(C(=O)OC(C)(C)C)[n+]1ccccc1. The first-order chi connectivity index (χ1) is 15.3. The van der Waals surface area contributed by atoms with Gasteiger partial charge in [-0.25, -0.2) is 4.79 Å². The molecule has 0 bridgehead atoms. The van der Waals surface area contributed by atoms with Crippen LogP contribution in [0.2, 0.25) is 0 Å². The Bertz CT molecular complexity index is 1110. The number of hydrogen-bond donors (Lipinski definition) is 1. The minimum Gasteiger partial charge on any atom is -0.507 e. The summed E-state index contributed by atoms with van der Waals surface area (Å²) in [6, 6.07) is 10.4. The molecule has 2 unspecified atom stereocenters. The first-order valence-electron chi connectivity index (χ1n) is 10.8. The van der Waals surface area contributed by atoms with Crippen LogP contribution in [-0.2, 0) is 19.1 Å². The highest BCUT2D eigenvalue weighted by molar-refractivity contribution is 6.22. The van der Waals surface area contributed by atoms with Crippen LogP contribution in [0.4, 0.5) is 0 Å². The van der Waals surface area contributed by atoms with E-state index < -0.39 is 40.9 Å². The number of pyridine rings is 1. The van der Waals surface area contributed by atoms with Gasteiger partial charge in [-0.05, 0) is 41.5 Å². The summed E-state index contributed by atoms with van der Waals surface area (Å²) in [5.41, 5.74) is -1.34. The van der Waals surface area contributed by atoms with Crippen LogP contribution in [0.3, 0.4) is 0 Å². The molecule has 0 saturated heterocycles. The summed E-state index contributed by atoms with van der Waals surface area (Å²) in [5.74, 6) is -3.83. The number of carbonyl (C=O) groups is 3. The lowest BCUT2D eigenvalue weighted by molar-refractivity contribution is -0.714. The number of aliphatic hydroxyl groups is 1. The molecule has 2 atom stereocenters. The van der Waals surface area contributed by atoms with Crippen molar-refractivity contribution in [2.45, 2.75) is 58.8 Å². The van der Waals surface area contributed by atoms with Crippen molar-refractivity contribution in [1.82, 2.24) is 0 Å². The van der Waals surface area contributed by atoms with Crippen LogP contribution in [0, 0.1) is 5.92 Å². The molecule has 174 valence electrons. The van der Waals surface area contributed by atoms with Gasteiger partial charge in [0.2, 0.25) is 0 Å². The van der Waals surface area contributed by atoms with Gasteiger partial charge in [-0.2, -0.15) is 4.57 Å². The fraction of sp³-hybridized carbons (Fsp3) is 0.385. The van der Waals surface area contributed by atoms with Gasteiger partial charge in [0.1, 0.15) is 17.0 Å². The maximum atomic E-state index is 13.5. The zero-order valence-electron chi connectivity index (χ0n) is 19.8. The molecular formula is C26H30NO6+. The van der Waals surface area contributed by atoms with Crippen molar-refractivity contribution < 1.29 is 33.5 Å². The predicted molar refractivity (Wildman–Crippen MR) is 121 cm³/mol. The third kappa shape index (κ3) is 5.30. The lowest BCUT2D eigenvalue weighted by Crippen LogP contribution is -2.53. The molecule has 1 heterocycles. The van der Waals surface area contributed by atoms with E-state index in [0.29, 0.717) is 5.56 Å². The molecule has 33 heavy (non-hydrogen) atoms. The van der Waals surface area contributed by atoms with E-state index in [1.165, 1.54) is 4.57 Å². The summed E-state index contributed by atoms with van der Waals surface area (Å²) < 4.78 is 12.8. The monoisotopic (exact) mass is 452 g/mol. The summed E-state index contributed by atoms with van der Waals surface area (Å²) in [5, 5.41) is 11.0. The van der Waals surface area contributed by atoms with Crippen molar-refractivity contribution in [3.63, 3.8) is 0 Å². The molecule has 1 aromatic heterocycles. The topological polar surface area (TPSA) is 93.8 Å². The molecule has 3 rings (SSSR count). The molecule has 1 aliphatic carbocycles. The highest BCUT2D eigenvalue weighted by Gasteiger charge is 2.52. The zero-order valence-corrected chi connectivity index (χ0v) is 19.8. The molecule has 0 fully saturated rings. The first kappa shape index (κ1) is 24.2. The maximum Gasteiger partial charge on any atom is 0.377 e. The molecule has 0 aliphatic heterocycles. The van der Waals surface area contributed by atoms with Gasteiger partial charge in [0.05, 0.1) is 5.57 Å². The van der Waals surface area contributed by atoms with E-state index in [9.17, 15) is 19.5 Å². The lowest BCUT2D eigenvalue weighted by Gasteiger charge is -2.28. The Morgan fingerprint density at radius 3 is 1.85 bits per heavy atom. The number of nitrogens with zero attached hydrogens (tertiary/aromatic N) is 1. The second kappa shape index (κ2) is 8.81. The van der Waals surface area contributed by atoms with Crippen molar-refractivity contribution in [2.75, 3.05) is 0 Å². The predicted octanol–water partition coefficient (Wildman–Crippen LogP) is 3.98. The number of aliphatic hydroxyl groups excluding tert-OH is 1. The number of carbonyl (C=O) groups excluding carboxylic acids is 3. The Kier molecular flexibility index (Phi) is 6.45. The second-order valence-electron chi connectivity index (χ2n) is 9.95. The molecule has 0 amide bonds. The zero-order chi connectivity index (χ0) is 24.6. The molecule has 1 aliphatic rings. The number of esters is 2. The smallest absolute Gasteiger partial charge is 0.377 e. The average molecular weight is 453 g/mol. The fourth-order valence-corrected chi connectivity index (χ4v) is 3.73. The summed E-state index contributed by atoms with van der Waals surface area (Å²) in [4.78, 5) is 40.4. The van der Waals surface area contributed by atoms with Crippen LogP contribution in [-0.4, -0.2) is 34.0 Å². The van der Waals surface area contributed by atoms with E-state index in [2.05, 4.69) is 0 Å². The highest BCUT2D eigenvalue weighted by Crippen LogP contribution is 2.39. The van der Waals surface area contributed by atoms with Gasteiger partial charge in [0.25, 0.3) is 6.04 Å². The van der Waals surface area contributed by atoms with Crippen LogP contribution < -0.4 is 4.57 Å². The summed E-state index contributed by atoms with van der Waals surface area (Å²) in [7, 11) is 0. The molecule has 7 nitrogen and oxygen atoms in total. The first-order valence-corrected chi connectivity index (χ1v) is 10.8. The van der Waals surface area contributed by atoms with E-state index >= 15 is 0 Å². The number of ether oxygens (including phenoxy) is 2. The Hall–Kier alpha value is -3.48. The van der Waals surface area contributed by atoms with Crippen molar-refractivity contribution in [3.05, 3.63) is 71.6 Å². The van der Waals surface area contributed by atoms with Crippen molar-refractivity contribution >= 4 is 23.5 Å². The normalized spacial score (nSPS) is 15.6. The molecule has 2 aromatic rings. The van der Waals surface area contributed by atoms with Crippen LogP contribution in [0.15, 0.2) is 60.4 Å². The minimum absolute atomic E-state index is 0.183. The van der Waals surface area contributed by atoms with Crippen molar-refractivity contribution in [3.8, 4) is 0 Å². The molecule has 0 spiro atoms. The number of fused-ring (bicyclic) bond motifs is 1. The van der Waals surface area contributed by atoms with Crippen LogP contribution in [0.5, 0.6) is 0 Å². The molecule has 0 saturated carbocycles. The van der Waals surface area contributed by atoms with Gasteiger partial charge in [0, 0.05) is 23.3 Å².